The summed E-state index contributed by atoms with van der Waals surface area (Å²) in [6.07, 6.45) is -0.978. The molecule has 26 heavy (non-hydrogen) atoms. The third kappa shape index (κ3) is 4.66. The fourth-order valence-electron chi connectivity index (χ4n) is 2.30. The van der Waals surface area contributed by atoms with E-state index >= 15 is 0 Å². The number of alkyl halides is 3. The first-order valence-electron chi connectivity index (χ1n) is 7.69. The van der Waals surface area contributed by atoms with Gasteiger partial charge in [0.25, 0.3) is 0 Å². The van der Waals surface area contributed by atoms with Gasteiger partial charge < -0.3 is 5.32 Å². The summed E-state index contributed by atoms with van der Waals surface area (Å²) in [6.45, 7) is 0.0301. The third-order valence-electron chi connectivity index (χ3n) is 3.55. The lowest BCUT2D eigenvalue weighted by molar-refractivity contribution is -0.137. The van der Waals surface area contributed by atoms with Crippen LogP contribution in [0.4, 0.5) is 13.2 Å². The zero-order valence-corrected chi connectivity index (χ0v) is 14.3. The van der Waals surface area contributed by atoms with Crippen molar-refractivity contribution in [3.63, 3.8) is 0 Å². The molecular weight excluding hydrogens is 363 g/mol. The van der Waals surface area contributed by atoms with Crippen molar-refractivity contribution in [2.45, 2.75) is 19.1 Å². The van der Waals surface area contributed by atoms with E-state index in [9.17, 15) is 18.0 Å². The Labute approximate surface area is 151 Å². The summed E-state index contributed by atoms with van der Waals surface area (Å²) in [5.41, 5.74) is 1.14. The molecule has 0 aliphatic heterocycles. The molecule has 134 valence electrons. The normalized spacial score (nSPS) is 11.3. The van der Waals surface area contributed by atoms with E-state index in [1.807, 2.05) is 6.07 Å². The Morgan fingerprint density at radius 3 is 2.77 bits per heavy atom. The molecule has 4 nitrogen and oxygen atoms in total. The van der Waals surface area contributed by atoms with Crippen molar-refractivity contribution in [1.82, 2.24) is 15.3 Å². The number of pyridine rings is 1. The highest BCUT2D eigenvalue weighted by Crippen LogP contribution is 2.29. The molecule has 0 bridgehead atoms. The van der Waals surface area contributed by atoms with Gasteiger partial charge in [0.1, 0.15) is 5.01 Å². The van der Waals surface area contributed by atoms with Crippen LogP contribution in [0.3, 0.4) is 0 Å². The number of thiazole rings is 1. The fraction of sp³-hybridized carbons (Fsp3) is 0.167. The minimum atomic E-state index is -4.40. The van der Waals surface area contributed by atoms with Gasteiger partial charge in [-0.1, -0.05) is 12.1 Å². The van der Waals surface area contributed by atoms with Gasteiger partial charge >= 0.3 is 6.18 Å². The minimum absolute atomic E-state index is 0.0301. The molecule has 8 heteroatoms. The molecule has 3 rings (SSSR count). The summed E-state index contributed by atoms with van der Waals surface area (Å²) in [5.74, 6) is -0.301. The first-order valence-corrected chi connectivity index (χ1v) is 8.57. The van der Waals surface area contributed by atoms with E-state index in [2.05, 4.69) is 15.3 Å². The highest BCUT2D eigenvalue weighted by Gasteiger charge is 2.30. The van der Waals surface area contributed by atoms with Crippen LogP contribution in [0.25, 0.3) is 10.6 Å². The second-order valence-electron chi connectivity index (χ2n) is 5.54. The van der Waals surface area contributed by atoms with Crippen molar-refractivity contribution in [2.24, 2.45) is 0 Å². The Morgan fingerprint density at radius 1 is 1.19 bits per heavy atom. The summed E-state index contributed by atoms with van der Waals surface area (Å²) in [6, 6.07) is 8.58. The van der Waals surface area contributed by atoms with E-state index in [0.29, 0.717) is 11.3 Å². The number of carbonyl (C=O) groups is 1. The van der Waals surface area contributed by atoms with E-state index in [1.165, 1.54) is 17.4 Å². The SMILES string of the molecule is O=C(Cc1csc(-c2cccnc2)n1)NCc1cccc(C(F)(F)F)c1. The number of amides is 1. The number of nitrogens with zero attached hydrogens (tertiary/aromatic N) is 2. The highest BCUT2D eigenvalue weighted by atomic mass is 32.1. The predicted octanol–water partition coefficient (Wildman–Crippen LogP) is 4.08. The lowest BCUT2D eigenvalue weighted by atomic mass is 10.1. The van der Waals surface area contributed by atoms with Gasteiger partial charge in [-0.3, -0.25) is 9.78 Å². The van der Waals surface area contributed by atoms with E-state index in [-0.39, 0.29) is 18.9 Å². The number of aromatic nitrogens is 2. The van der Waals surface area contributed by atoms with Gasteiger partial charge in [-0.15, -0.1) is 11.3 Å². The van der Waals surface area contributed by atoms with Crippen molar-refractivity contribution in [1.29, 1.82) is 0 Å². The van der Waals surface area contributed by atoms with Crippen molar-refractivity contribution in [2.75, 3.05) is 0 Å². The average Bonchev–Trinajstić information content (AvgIpc) is 3.09. The predicted molar refractivity (Wildman–Crippen MR) is 92.3 cm³/mol. The molecule has 0 radical (unpaired) electrons. The fourth-order valence-corrected chi connectivity index (χ4v) is 3.11. The van der Waals surface area contributed by atoms with Crippen molar-refractivity contribution < 1.29 is 18.0 Å². The maximum Gasteiger partial charge on any atom is 0.416 e. The van der Waals surface area contributed by atoms with E-state index in [0.717, 1.165) is 22.7 Å². The summed E-state index contributed by atoms with van der Waals surface area (Å²) in [7, 11) is 0. The molecule has 3 aromatic rings. The van der Waals surface area contributed by atoms with E-state index < -0.39 is 11.7 Å². The van der Waals surface area contributed by atoms with Crippen LogP contribution in [0.2, 0.25) is 0 Å². The standard InChI is InChI=1S/C18H14F3N3OS/c19-18(20,21)14-5-1-3-12(7-14)9-23-16(25)8-15-11-26-17(24-15)13-4-2-6-22-10-13/h1-7,10-11H,8-9H2,(H,23,25). The molecule has 0 atom stereocenters. The Hall–Kier alpha value is -2.74. The molecule has 0 aliphatic carbocycles. The Balaban J connectivity index is 1.58. The quantitative estimate of drug-likeness (QED) is 0.729. The van der Waals surface area contributed by atoms with Gasteiger partial charge in [-0.25, -0.2) is 4.98 Å². The van der Waals surface area contributed by atoms with E-state index in [1.54, 1.807) is 29.9 Å². The molecule has 2 heterocycles. The number of rotatable bonds is 5. The molecule has 0 saturated carbocycles. The van der Waals surface area contributed by atoms with Crippen LogP contribution in [0, 0.1) is 0 Å². The molecule has 0 fully saturated rings. The monoisotopic (exact) mass is 377 g/mol. The molecule has 1 N–H and O–H groups in total. The number of carbonyl (C=O) groups excluding carboxylic acids is 1. The number of hydrogen-bond donors (Lipinski definition) is 1. The molecule has 0 aliphatic rings. The van der Waals surface area contributed by atoms with Gasteiger partial charge in [0, 0.05) is 29.9 Å². The topological polar surface area (TPSA) is 54.9 Å². The Bertz CT molecular complexity index is 894. The average molecular weight is 377 g/mol. The lowest BCUT2D eigenvalue weighted by Gasteiger charge is -2.09. The second-order valence-corrected chi connectivity index (χ2v) is 6.40. The summed E-state index contributed by atoms with van der Waals surface area (Å²) in [5, 5.41) is 5.17. The van der Waals surface area contributed by atoms with Crippen LogP contribution in [0.15, 0.2) is 54.2 Å². The number of hydrogen-bond acceptors (Lipinski definition) is 4. The van der Waals surface area contributed by atoms with Gasteiger partial charge in [0.15, 0.2) is 0 Å². The van der Waals surface area contributed by atoms with Crippen LogP contribution in [-0.4, -0.2) is 15.9 Å². The van der Waals surface area contributed by atoms with Crippen molar-refractivity contribution in [3.8, 4) is 10.6 Å². The largest absolute Gasteiger partial charge is 0.416 e. The minimum Gasteiger partial charge on any atom is -0.352 e. The smallest absolute Gasteiger partial charge is 0.352 e. The Kier molecular flexibility index (Phi) is 5.32. The van der Waals surface area contributed by atoms with Gasteiger partial charge in [0.05, 0.1) is 17.7 Å². The number of benzene rings is 1. The van der Waals surface area contributed by atoms with Gasteiger partial charge in [0.2, 0.25) is 5.91 Å². The summed E-state index contributed by atoms with van der Waals surface area (Å²) in [4.78, 5) is 20.4. The second kappa shape index (κ2) is 7.65. The van der Waals surface area contributed by atoms with Gasteiger partial charge in [-0.05, 0) is 29.8 Å². The third-order valence-corrected chi connectivity index (χ3v) is 4.49. The Morgan fingerprint density at radius 2 is 2.04 bits per heavy atom. The first kappa shape index (κ1) is 18.1. The zero-order chi connectivity index (χ0) is 18.6. The summed E-state index contributed by atoms with van der Waals surface area (Å²) < 4.78 is 38.1. The van der Waals surface area contributed by atoms with Crippen LogP contribution >= 0.6 is 11.3 Å². The van der Waals surface area contributed by atoms with Crippen LogP contribution < -0.4 is 5.32 Å². The number of nitrogens with one attached hydrogen (secondary N) is 1. The molecule has 0 saturated heterocycles. The maximum absolute atomic E-state index is 12.7. The van der Waals surface area contributed by atoms with Crippen LogP contribution in [0.1, 0.15) is 16.8 Å². The molecule has 1 aromatic carbocycles. The first-order chi connectivity index (χ1) is 12.4. The molecular formula is C18H14F3N3OS. The highest BCUT2D eigenvalue weighted by molar-refractivity contribution is 7.13. The van der Waals surface area contributed by atoms with Crippen molar-refractivity contribution >= 4 is 17.2 Å². The zero-order valence-electron chi connectivity index (χ0n) is 13.5. The molecule has 2 aromatic heterocycles. The molecule has 1 amide bonds. The molecule has 0 spiro atoms. The van der Waals surface area contributed by atoms with Crippen LogP contribution in [-0.2, 0) is 23.9 Å². The van der Waals surface area contributed by atoms with Gasteiger partial charge in [-0.2, -0.15) is 13.2 Å². The molecule has 0 unspecified atom stereocenters. The lowest BCUT2D eigenvalue weighted by Crippen LogP contribution is -2.24. The maximum atomic E-state index is 12.7. The van der Waals surface area contributed by atoms with E-state index in [4.69, 9.17) is 0 Å². The number of halogens is 3. The summed E-state index contributed by atoms with van der Waals surface area (Å²) >= 11 is 1.41. The van der Waals surface area contributed by atoms with Crippen LogP contribution in [0.5, 0.6) is 0 Å². The van der Waals surface area contributed by atoms with Crippen molar-refractivity contribution in [3.05, 3.63) is 71.0 Å².